The summed E-state index contributed by atoms with van der Waals surface area (Å²) in [5.74, 6) is -3.76. The summed E-state index contributed by atoms with van der Waals surface area (Å²) in [6.07, 6.45) is 1.56. The molecule has 2 atom stereocenters. The van der Waals surface area contributed by atoms with Crippen molar-refractivity contribution in [2.24, 2.45) is 0 Å². The van der Waals surface area contributed by atoms with E-state index in [-0.39, 0.29) is 47.2 Å². The van der Waals surface area contributed by atoms with Crippen LogP contribution in [0.3, 0.4) is 0 Å². The van der Waals surface area contributed by atoms with Crippen molar-refractivity contribution in [1.82, 2.24) is 5.32 Å². The first-order chi connectivity index (χ1) is 13.2. The zero-order valence-electron chi connectivity index (χ0n) is 15.8. The lowest BCUT2D eigenvalue weighted by Crippen LogP contribution is -2.55. The van der Waals surface area contributed by atoms with Crippen LogP contribution in [0.15, 0.2) is 5.57 Å². The van der Waals surface area contributed by atoms with Crippen molar-refractivity contribution >= 4 is 28.8 Å². The number of hydrogen-bond donors (Lipinski definition) is 4. The van der Waals surface area contributed by atoms with Crippen LogP contribution < -0.4 is 20.9 Å². The Morgan fingerprint density at radius 2 is 1.75 bits per heavy atom. The van der Waals surface area contributed by atoms with Gasteiger partial charge >= 0.3 is 5.97 Å². The molecule has 1 saturated heterocycles. The number of nitrogens with zero attached hydrogens (tertiary/aromatic N) is 2. The average Bonchev–Trinajstić information content (AvgIpc) is 3.43. The molecule has 3 aliphatic rings. The number of rotatable bonds is 3. The Hall–Kier alpha value is -2.55. The molecule has 1 aliphatic carbocycles. The Morgan fingerprint density at radius 1 is 1.14 bits per heavy atom. The minimum Gasteiger partial charge on any atom is -0.507 e. The van der Waals surface area contributed by atoms with Crippen molar-refractivity contribution < 1.29 is 23.8 Å². The van der Waals surface area contributed by atoms with Gasteiger partial charge in [0.1, 0.15) is 11.4 Å². The van der Waals surface area contributed by atoms with E-state index in [0.29, 0.717) is 13.1 Å². The van der Waals surface area contributed by atoms with E-state index in [4.69, 9.17) is 5.73 Å². The van der Waals surface area contributed by atoms with Crippen molar-refractivity contribution in [3.05, 3.63) is 22.8 Å². The molecule has 0 spiro atoms. The summed E-state index contributed by atoms with van der Waals surface area (Å²) in [4.78, 5) is 14.8. The number of nitrogens with two attached hydrogens (primary N) is 1. The smallest absolute Gasteiger partial charge is 0.337 e. The summed E-state index contributed by atoms with van der Waals surface area (Å²) in [5, 5.41) is 23.2. The van der Waals surface area contributed by atoms with E-state index in [1.165, 1.54) is 0 Å². The third kappa shape index (κ3) is 2.85. The fraction of sp³-hybridized carbons (Fsp3) is 0.526. The minimum atomic E-state index is -1.33. The van der Waals surface area contributed by atoms with Crippen LogP contribution in [0, 0.1) is 11.6 Å². The zero-order chi connectivity index (χ0) is 20.3. The maximum Gasteiger partial charge on any atom is 0.337 e. The fourth-order valence-electron chi connectivity index (χ4n) is 4.32. The van der Waals surface area contributed by atoms with Crippen LogP contribution in [0.4, 0.5) is 25.8 Å². The second-order valence-corrected chi connectivity index (χ2v) is 7.98. The first-order valence-electron chi connectivity index (χ1n) is 9.44. The molecule has 152 valence electrons. The Kier molecular flexibility index (Phi) is 4.37. The number of anilines is 3. The lowest BCUT2D eigenvalue weighted by molar-refractivity contribution is -0.132. The van der Waals surface area contributed by atoms with Crippen LogP contribution in [0.2, 0.25) is 0 Å². The summed E-state index contributed by atoms with van der Waals surface area (Å²) in [7, 11) is 0. The Morgan fingerprint density at radius 3 is 2.29 bits per heavy atom. The van der Waals surface area contributed by atoms with E-state index in [1.807, 2.05) is 13.8 Å². The summed E-state index contributed by atoms with van der Waals surface area (Å²) in [6.45, 7) is 4.54. The summed E-state index contributed by atoms with van der Waals surface area (Å²) >= 11 is 0. The van der Waals surface area contributed by atoms with Crippen molar-refractivity contribution in [2.75, 3.05) is 35.2 Å². The number of aliphatic carboxylic acids is 1. The van der Waals surface area contributed by atoms with E-state index in [9.17, 15) is 15.0 Å². The molecule has 9 heteroatoms. The van der Waals surface area contributed by atoms with Crippen LogP contribution >= 0.6 is 0 Å². The average molecular weight is 394 g/mol. The Labute approximate surface area is 161 Å². The molecule has 0 radical (unpaired) electrons. The predicted molar refractivity (Wildman–Crippen MR) is 103 cm³/mol. The molecule has 0 amide bonds. The molecule has 1 aromatic carbocycles. The first kappa shape index (κ1) is 18.8. The second kappa shape index (κ2) is 6.51. The quantitative estimate of drug-likeness (QED) is 0.582. The number of piperazine rings is 1. The molecular weight excluding hydrogens is 370 g/mol. The lowest BCUT2D eigenvalue weighted by Gasteiger charge is -2.40. The van der Waals surface area contributed by atoms with Gasteiger partial charge in [-0.3, -0.25) is 0 Å². The van der Waals surface area contributed by atoms with Gasteiger partial charge in [-0.25, -0.2) is 13.6 Å². The van der Waals surface area contributed by atoms with Gasteiger partial charge in [0.2, 0.25) is 0 Å². The topological polar surface area (TPSA) is 102 Å². The molecule has 7 nitrogen and oxygen atoms in total. The molecule has 0 unspecified atom stereocenters. The van der Waals surface area contributed by atoms with Crippen molar-refractivity contribution in [3.63, 3.8) is 0 Å². The number of carboxylic acids is 1. The number of nitrogens with one attached hydrogen (secondary N) is 1. The van der Waals surface area contributed by atoms with Crippen LogP contribution in [-0.2, 0) is 4.79 Å². The summed E-state index contributed by atoms with van der Waals surface area (Å²) in [5.41, 5.74) is 4.78. The van der Waals surface area contributed by atoms with Crippen LogP contribution in [0.1, 0.15) is 32.3 Å². The lowest BCUT2D eigenvalue weighted by atomic mass is 9.96. The van der Waals surface area contributed by atoms with Gasteiger partial charge in [-0.2, -0.15) is 0 Å². The molecule has 1 aromatic rings. The highest BCUT2D eigenvalue weighted by Gasteiger charge is 2.42. The number of nitrogen functional groups attached to an aromatic ring is 1. The van der Waals surface area contributed by atoms with Crippen LogP contribution in [0.5, 0.6) is 0 Å². The monoisotopic (exact) mass is 394 g/mol. The summed E-state index contributed by atoms with van der Waals surface area (Å²) < 4.78 is 30.9. The normalized spacial score (nSPS) is 25.1. The molecule has 28 heavy (non-hydrogen) atoms. The van der Waals surface area contributed by atoms with Gasteiger partial charge < -0.3 is 31.1 Å². The van der Waals surface area contributed by atoms with Crippen molar-refractivity contribution in [3.8, 4) is 0 Å². The molecular formula is C19H24F2N4O3. The number of carboxylic acid groups (broad SMARTS) is 1. The maximum absolute atomic E-state index is 15.7. The number of halogens is 2. The highest BCUT2D eigenvalue weighted by molar-refractivity contribution is 6.02. The third-order valence-electron chi connectivity index (χ3n) is 5.62. The van der Waals surface area contributed by atoms with E-state index >= 15 is 8.78 Å². The highest BCUT2D eigenvalue weighted by atomic mass is 19.1. The number of hydrogen-bond acceptors (Lipinski definition) is 6. The third-order valence-corrected chi connectivity index (χ3v) is 5.62. The highest BCUT2D eigenvalue weighted by Crippen LogP contribution is 2.48. The van der Waals surface area contributed by atoms with Crippen LogP contribution in [-0.4, -0.2) is 53.9 Å². The van der Waals surface area contributed by atoms with Crippen molar-refractivity contribution in [2.45, 2.75) is 44.8 Å². The standard InChI is InChI=1S/C19H24F2N4O3/c1-8-5-24(6-9(2)23-8)17-13(20)15(22)12-16(14(17)21)25(10-3-4-10)7-11(18(12)26)19(27)28/h8-10,23,26H,3-7,22H2,1-2H3,(H,27,28)/t8-,9+. The molecule has 0 bridgehead atoms. The van der Waals surface area contributed by atoms with E-state index in [0.717, 1.165) is 12.8 Å². The first-order valence-corrected chi connectivity index (χ1v) is 9.44. The molecule has 2 fully saturated rings. The molecule has 2 heterocycles. The van der Waals surface area contributed by atoms with Gasteiger partial charge in [0, 0.05) is 31.2 Å². The second-order valence-electron chi connectivity index (χ2n) is 7.98. The van der Waals surface area contributed by atoms with E-state index in [2.05, 4.69) is 5.32 Å². The SMILES string of the molecule is C[C@@H]1CN(c2c(F)c(N)c3c(c2F)N(C2CC2)CC(C(=O)O)=C3O)C[C@H](C)N1. The number of fused-ring (bicyclic) bond motifs is 1. The zero-order valence-corrected chi connectivity index (χ0v) is 15.8. The Balaban J connectivity index is 1.93. The van der Waals surface area contributed by atoms with Crippen molar-refractivity contribution in [1.29, 1.82) is 0 Å². The molecule has 2 aliphatic heterocycles. The number of aliphatic hydroxyl groups excluding tert-OH is 1. The van der Waals surface area contributed by atoms with E-state index in [1.54, 1.807) is 9.80 Å². The van der Waals surface area contributed by atoms with Gasteiger partial charge in [0.15, 0.2) is 11.6 Å². The van der Waals surface area contributed by atoms with Gasteiger partial charge in [-0.05, 0) is 26.7 Å². The number of benzene rings is 1. The fourth-order valence-corrected chi connectivity index (χ4v) is 4.32. The van der Waals surface area contributed by atoms with E-state index < -0.39 is 29.1 Å². The number of carbonyl (C=O) groups is 1. The number of aliphatic hydroxyl groups is 1. The molecule has 5 N–H and O–H groups in total. The molecule has 0 aromatic heterocycles. The van der Waals surface area contributed by atoms with Gasteiger partial charge in [-0.15, -0.1) is 0 Å². The minimum absolute atomic E-state index is 0.00209. The van der Waals surface area contributed by atoms with Gasteiger partial charge in [-0.1, -0.05) is 0 Å². The molecule has 4 rings (SSSR count). The van der Waals surface area contributed by atoms with Crippen LogP contribution in [0.25, 0.3) is 5.76 Å². The predicted octanol–water partition coefficient (Wildman–Crippen LogP) is 2.07. The van der Waals surface area contributed by atoms with Gasteiger partial charge in [0.25, 0.3) is 0 Å². The molecule has 1 saturated carbocycles. The maximum atomic E-state index is 15.7. The largest absolute Gasteiger partial charge is 0.507 e. The summed E-state index contributed by atoms with van der Waals surface area (Å²) in [6, 6.07) is 0.0202. The van der Waals surface area contributed by atoms with Gasteiger partial charge in [0.05, 0.1) is 29.1 Å². The Bertz CT molecular complexity index is 875.